The van der Waals surface area contributed by atoms with Gasteiger partial charge in [0, 0.05) is 12.6 Å². The van der Waals surface area contributed by atoms with Gasteiger partial charge in [-0.2, -0.15) is 0 Å². The third-order valence-electron chi connectivity index (χ3n) is 4.70. The van der Waals surface area contributed by atoms with E-state index in [-0.39, 0.29) is 18.0 Å². The molecule has 2 aliphatic heterocycles. The Kier molecular flexibility index (Phi) is 3.52. The summed E-state index contributed by atoms with van der Waals surface area (Å²) in [4.78, 5) is 14.9. The maximum atomic E-state index is 12.9. The molecule has 1 amide bonds. The number of carbonyl (C=O) groups is 1. The number of hydrogen-bond donors (Lipinski definition) is 1. The van der Waals surface area contributed by atoms with Crippen molar-refractivity contribution in [2.75, 3.05) is 19.8 Å². The maximum absolute atomic E-state index is 12.9. The molecular formula is C16H22N2O2. The summed E-state index contributed by atoms with van der Waals surface area (Å²) in [6.07, 6.45) is 2.08. The van der Waals surface area contributed by atoms with Crippen molar-refractivity contribution in [1.29, 1.82) is 0 Å². The van der Waals surface area contributed by atoms with Gasteiger partial charge >= 0.3 is 0 Å². The van der Waals surface area contributed by atoms with Crippen LogP contribution in [0.4, 0.5) is 0 Å². The van der Waals surface area contributed by atoms with Crippen LogP contribution in [0.1, 0.15) is 31.4 Å². The van der Waals surface area contributed by atoms with Gasteiger partial charge < -0.3 is 15.4 Å². The van der Waals surface area contributed by atoms with Crippen molar-refractivity contribution in [3.8, 4) is 0 Å². The van der Waals surface area contributed by atoms with Crippen LogP contribution in [0.25, 0.3) is 0 Å². The second-order valence-corrected chi connectivity index (χ2v) is 6.11. The molecule has 4 heteroatoms. The minimum Gasteiger partial charge on any atom is -0.379 e. The Morgan fingerprint density at radius 2 is 2.15 bits per heavy atom. The minimum absolute atomic E-state index is 0.147. The van der Waals surface area contributed by atoms with E-state index in [0.717, 1.165) is 19.4 Å². The molecule has 0 aromatic heterocycles. The molecule has 0 saturated carbocycles. The van der Waals surface area contributed by atoms with Crippen LogP contribution in [0.2, 0.25) is 0 Å². The molecule has 3 atom stereocenters. The van der Waals surface area contributed by atoms with E-state index in [2.05, 4.69) is 12.1 Å². The normalized spacial score (nSPS) is 33.6. The molecule has 1 aromatic rings. The van der Waals surface area contributed by atoms with E-state index in [4.69, 9.17) is 10.5 Å². The number of benzene rings is 1. The van der Waals surface area contributed by atoms with Gasteiger partial charge in [0.25, 0.3) is 0 Å². The lowest BCUT2D eigenvalue weighted by Gasteiger charge is -2.34. The third-order valence-corrected chi connectivity index (χ3v) is 4.70. The molecule has 108 valence electrons. The summed E-state index contributed by atoms with van der Waals surface area (Å²) >= 11 is 0. The van der Waals surface area contributed by atoms with Crippen LogP contribution >= 0.6 is 0 Å². The molecule has 3 rings (SSSR count). The Morgan fingerprint density at radius 3 is 2.80 bits per heavy atom. The second-order valence-electron chi connectivity index (χ2n) is 6.11. The summed E-state index contributed by atoms with van der Waals surface area (Å²) in [5.41, 5.74) is 6.74. The van der Waals surface area contributed by atoms with E-state index in [0.29, 0.717) is 13.2 Å². The summed E-state index contributed by atoms with van der Waals surface area (Å²) in [5.74, 6) is 0.147. The summed E-state index contributed by atoms with van der Waals surface area (Å²) < 4.78 is 5.42. The molecule has 2 fully saturated rings. The molecular weight excluding hydrogens is 252 g/mol. The highest BCUT2D eigenvalue weighted by atomic mass is 16.5. The predicted octanol–water partition coefficient (Wildman–Crippen LogP) is 1.71. The zero-order valence-electron chi connectivity index (χ0n) is 11.9. The molecule has 2 heterocycles. The topological polar surface area (TPSA) is 55.6 Å². The molecule has 0 spiro atoms. The number of nitrogens with zero attached hydrogens (tertiary/aromatic N) is 1. The zero-order valence-corrected chi connectivity index (χ0v) is 11.9. The third kappa shape index (κ3) is 2.13. The van der Waals surface area contributed by atoms with Crippen molar-refractivity contribution in [3.05, 3.63) is 35.9 Å². The molecule has 2 N–H and O–H groups in total. The van der Waals surface area contributed by atoms with Crippen LogP contribution in [0.3, 0.4) is 0 Å². The fraction of sp³-hybridized carbons (Fsp3) is 0.562. The van der Waals surface area contributed by atoms with Gasteiger partial charge in [-0.05, 0) is 25.3 Å². The fourth-order valence-corrected chi connectivity index (χ4v) is 3.27. The van der Waals surface area contributed by atoms with Gasteiger partial charge in [0.05, 0.1) is 24.7 Å². The number of carbonyl (C=O) groups excluding carboxylic acids is 1. The van der Waals surface area contributed by atoms with Crippen molar-refractivity contribution in [3.63, 3.8) is 0 Å². The molecule has 2 aliphatic rings. The molecule has 2 saturated heterocycles. The Hall–Kier alpha value is -1.39. The van der Waals surface area contributed by atoms with Crippen LogP contribution < -0.4 is 5.73 Å². The Bertz CT molecular complexity index is 491. The summed E-state index contributed by atoms with van der Waals surface area (Å²) in [5, 5.41) is 0. The minimum atomic E-state index is -0.572. The first-order valence-corrected chi connectivity index (χ1v) is 7.32. The van der Waals surface area contributed by atoms with E-state index in [1.165, 1.54) is 5.56 Å². The summed E-state index contributed by atoms with van der Waals surface area (Å²) in [6, 6.07) is 10.3. The van der Waals surface area contributed by atoms with Gasteiger partial charge in [-0.1, -0.05) is 30.3 Å². The van der Waals surface area contributed by atoms with Crippen molar-refractivity contribution in [2.45, 2.75) is 31.8 Å². The van der Waals surface area contributed by atoms with E-state index in [1.54, 1.807) is 0 Å². The molecule has 0 aliphatic carbocycles. The van der Waals surface area contributed by atoms with E-state index in [1.807, 2.05) is 30.0 Å². The molecule has 0 bridgehead atoms. The van der Waals surface area contributed by atoms with Gasteiger partial charge in [0.2, 0.25) is 5.91 Å². The van der Waals surface area contributed by atoms with Crippen LogP contribution in [-0.4, -0.2) is 36.6 Å². The Balaban J connectivity index is 1.84. The lowest BCUT2D eigenvalue weighted by molar-refractivity contribution is -0.142. The quantitative estimate of drug-likeness (QED) is 0.893. The van der Waals surface area contributed by atoms with E-state index < -0.39 is 5.41 Å². The highest BCUT2D eigenvalue weighted by Gasteiger charge is 2.48. The van der Waals surface area contributed by atoms with Crippen molar-refractivity contribution >= 4 is 5.91 Å². The van der Waals surface area contributed by atoms with E-state index in [9.17, 15) is 4.79 Å². The van der Waals surface area contributed by atoms with Crippen LogP contribution in [-0.2, 0) is 9.53 Å². The van der Waals surface area contributed by atoms with Gasteiger partial charge in [0.1, 0.15) is 0 Å². The number of rotatable bonds is 2. The van der Waals surface area contributed by atoms with Gasteiger partial charge in [-0.25, -0.2) is 0 Å². The lowest BCUT2D eigenvalue weighted by Crippen LogP contribution is -2.51. The van der Waals surface area contributed by atoms with Crippen molar-refractivity contribution < 1.29 is 9.53 Å². The summed E-state index contributed by atoms with van der Waals surface area (Å²) in [7, 11) is 0. The first-order valence-electron chi connectivity index (χ1n) is 7.32. The average Bonchev–Trinajstić information content (AvgIpc) is 3.08. The van der Waals surface area contributed by atoms with Crippen molar-refractivity contribution in [1.82, 2.24) is 4.90 Å². The number of ether oxygens (including phenoxy) is 1. The average molecular weight is 274 g/mol. The standard InChI is InChI=1S/C16H22N2O2/c1-16(11-20-10-14(16)17)15(19)18-9-5-8-13(18)12-6-3-2-4-7-12/h2-4,6-7,13-14H,5,8-11,17H2,1H3. The Morgan fingerprint density at radius 1 is 1.40 bits per heavy atom. The van der Waals surface area contributed by atoms with Gasteiger partial charge in [-0.3, -0.25) is 4.79 Å². The maximum Gasteiger partial charge on any atom is 0.233 e. The SMILES string of the molecule is CC1(C(=O)N2CCCC2c2ccccc2)COCC1N. The lowest BCUT2D eigenvalue weighted by atomic mass is 9.83. The fourth-order valence-electron chi connectivity index (χ4n) is 3.27. The predicted molar refractivity (Wildman–Crippen MR) is 77.0 cm³/mol. The smallest absolute Gasteiger partial charge is 0.233 e. The number of hydrogen-bond acceptors (Lipinski definition) is 3. The first kappa shape index (κ1) is 13.6. The number of amides is 1. The molecule has 0 radical (unpaired) electrons. The molecule has 1 aromatic carbocycles. The monoisotopic (exact) mass is 274 g/mol. The van der Waals surface area contributed by atoms with Crippen LogP contribution in [0.15, 0.2) is 30.3 Å². The van der Waals surface area contributed by atoms with Crippen molar-refractivity contribution in [2.24, 2.45) is 11.1 Å². The molecule has 4 nitrogen and oxygen atoms in total. The molecule has 20 heavy (non-hydrogen) atoms. The van der Waals surface area contributed by atoms with Crippen LogP contribution in [0.5, 0.6) is 0 Å². The first-order chi connectivity index (χ1) is 9.63. The van der Waals surface area contributed by atoms with E-state index >= 15 is 0 Å². The zero-order chi connectivity index (χ0) is 14.2. The second kappa shape index (κ2) is 5.19. The van der Waals surface area contributed by atoms with Gasteiger partial charge in [0.15, 0.2) is 0 Å². The van der Waals surface area contributed by atoms with Crippen LogP contribution in [0, 0.1) is 5.41 Å². The highest BCUT2D eigenvalue weighted by molar-refractivity contribution is 5.84. The number of nitrogens with two attached hydrogens (primary N) is 1. The largest absolute Gasteiger partial charge is 0.379 e. The summed E-state index contributed by atoms with van der Waals surface area (Å²) in [6.45, 7) is 3.67. The van der Waals surface area contributed by atoms with Gasteiger partial charge in [-0.15, -0.1) is 0 Å². The number of likely N-dealkylation sites (tertiary alicyclic amines) is 1. The Labute approximate surface area is 119 Å². The highest BCUT2D eigenvalue weighted by Crippen LogP contribution is 2.38. The molecule has 3 unspecified atom stereocenters.